The molecule has 0 saturated carbocycles. The molecule has 0 N–H and O–H groups in total. The first-order valence-corrected chi connectivity index (χ1v) is 7.41. The van der Waals surface area contributed by atoms with Crippen LogP contribution in [0.15, 0.2) is 18.3 Å². The lowest BCUT2D eigenvalue weighted by molar-refractivity contribution is -0.0501. The van der Waals surface area contributed by atoms with Crippen LogP contribution < -0.4 is 4.18 Å². The Morgan fingerprint density at radius 1 is 1.40 bits per heavy atom. The molecule has 1 aromatic heterocycles. The molecule has 0 radical (unpaired) electrons. The number of aromatic nitrogens is 1. The molecular formula is C11H14F3NO3S2. The zero-order chi connectivity index (χ0) is 16.0. The fourth-order valence-corrected chi connectivity index (χ4v) is 1.55. The van der Waals surface area contributed by atoms with Crippen molar-refractivity contribution in [3.63, 3.8) is 0 Å². The summed E-state index contributed by atoms with van der Waals surface area (Å²) in [6.45, 7) is 3.87. The summed E-state index contributed by atoms with van der Waals surface area (Å²) in [4.78, 5) is 3.55. The molecule has 0 aliphatic heterocycles. The summed E-state index contributed by atoms with van der Waals surface area (Å²) in [6, 6.07) is 2.59. The highest BCUT2D eigenvalue weighted by Crippen LogP contribution is 2.26. The molecular weight excluding hydrogens is 315 g/mol. The fourth-order valence-electron chi connectivity index (χ4n) is 1.13. The van der Waals surface area contributed by atoms with E-state index in [0.29, 0.717) is 0 Å². The molecule has 0 aliphatic carbocycles. The van der Waals surface area contributed by atoms with Crippen LogP contribution in [0.4, 0.5) is 13.2 Å². The number of alkyl halides is 3. The number of hydrogen-bond acceptors (Lipinski definition) is 5. The van der Waals surface area contributed by atoms with Crippen LogP contribution in [0, 0.1) is 0 Å². The first-order chi connectivity index (χ1) is 9.17. The standard InChI is InChI=1S/C10H12F3NO3S.CH2S/c1-3-7(2)8-4-5-9(14-6-8)17-18(15,16)10(11,12)13;1-2/h4-7H,3H2,1-2H3;1H2. The summed E-state index contributed by atoms with van der Waals surface area (Å²) in [5.74, 6) is 2.42. The van der Waals surface area contributed by atoms with Gasteiger partial charge in [0.2, 0.25) is 5.88 Å². The molecule has 1 rings (SSSR count). The van der Waals surface area contributed by atoms with E-state index in [1.807, 2.05) is 13.8 Å². The summed E-state index contributed by atoms with van der Waals surface area (Å²) < 4.78 is 61.4. The Bertz CT molecular complexity index is 515. The minimum absolute atomic E-state index is 0.186. The predicted octanol–water partition coefficient (Wildman–Crippen LogP) is 3.44. The summed E-state index contributed by atoms with van der Waals surface area (Å²) in [5, 5.41) is 0. The van der Waals surface area contributed by atoms with Crippen LogP contribution in [0.3, 0.4) is 0 Å². The van der Waals surface area contributed by atoms with E-state index in [4.69, 9.17) is 0 Å². The molecule has 114 valence electrons. The molecule has 1 heterocycles. The highest BCUT2D eigenvalue weighted by molar-refractivity contribution is 7.87. The van der Waals surface area contributed by atoms with Crippen molar-refractivity contribution < 1.29 is 25.8 Å². The van der Waals surface area contributed by atoms with Gasteiger partial charge >= 0.3 is 15.6 Å². The molecule has 20 heavy (non-hydrogen) atoms. The van der Waals surface area contributed by atoms with Gasteiger partial charge in [-0.25, -0.2) is 4.98 Å². The maximum absolute atomic E-state index is 12.0. The van der Waals surface area contributed by atoms with Gasteiger partial charge in [0.25, 0.3) is 0 Å². The lowest BCUT2D eigenvalue weighted by Gasteiger charge is -2.10. The van der Waals surface area contributed by atoms with Gasteiger partial charge in [-0.2, -0.15) is 21.6 Å². The zero-order valence-corrected chi connectivity index (χ0v) is 12.5. The number of pyridine rings is 1. The van der Waals surface area contributed by atoms with E-state index in [2.05, 4.69) is 27.3 Å². The summed E-state index contributed by atoms with van der Waals surface area (Å²) in [7, 11) is -5.65. The number of rotatable bonds is 4. The number of thiocarbonyl (C=S) groups is 1. The first kappa shape index (κ1) is 18.8. The second-order valence-electron chi connectivity index (χ2n) is 3.72. The van der Waals surface area contributed by atoms with Crippen molar-refractivity contribution in [2.45, 2.75) is 31.7 Å². The minimum Gasteiger partial charge on any atom is -0.355 e. The fraction of sp³-hybridized carbons (Fsp3) is 0.455. The van der Waals surface area contributed by atoms with Gasteiger partial charge < -0.3 is 4.18 Å². The van der Waals surface area contributed by atoms with Crippen LogP contribution in [0.25, 0.3) is 0 Å². The molecule has 0 fully saturated rings. The number of hydrogen-bond donors (Lipinski definition) is 0. The second kappa shape index (κ2) is 7.53. The monoisotopic (exact) mass is 329 g/mol. The van der Waals surface area contributed by atoms with Crippen molar-refractivity contribution in [2.75, 3.05) is 0 Å². The number of nitrogens with zero attached hydrogens (tertiary/aromatic N) is 1. The molecule has 0 aromatic carbocycles. The molecule has 1 unspecified atom stereocenters. The van der Waals surface area contributed by atoms with Crippen LogP contribution in [0.5, 0.6) is 5.88 Å². The van der Waals surface area contributed by atoms with Gasteiger partial charge in [-0.15, -0.1) is 0 Å². The topological polar surface area (TPSA) is 56.3 Å². The van der Waals surface area contributed by atoms with Crippen molar-refractivity contribution in [3.05, 3.63) is 23.9 Å². The third kappa shape index (κ3) is 5.04. The van der Waals surface area contributed by atoms with Crippen LogP contribution >= 0.6 is 12.2 Å². The van der Waals surface area contributed by atoms with E-state index in [1.54, 1.807) is 0 Å². The maximum atomic E-state index is 12.0. The van der Waals surface area contributed by atoms with Gasteiger partial charge in [-0.1, -0.05) is 32.1 Å². The summed E-state index contributed by atoms with van der Waals surface area (Å²) in [5.41, 5.74) is -4.65. The summed E-state index contributed by atoms with van der Waals surface area (Å²) >= 11 is 3.83. The predicted molar refractivity (Wildman–Crippen MR) is 73.3 cm³/mol. The van der Waals surface area contributed by atoms with Gasteiger partial charge in [-0.05, 0) is 23.8 Å². The molecule has 0 bridgehead atoms. The zero-order valence-electron chi connectivity index (χ0n) is 10.8. The van der Waals surface area contributed by atoms with Crippen LogP contribution in [-0.2, 0) is 10.1 Å². The average Bonchev–Trinajstić information content (AvgIpc) is 2.39. The molecule has 0 amide bonds. The molecule has 0 spiro atoms. The molecule has 1 atom stereocenters. The second-order valence-corrected chi connectivity index (χ2v) is 5.26. The highest BCUT2D eigenvalue weighted by atomic mass is 32.2. The smallest absolute Gasteiger partial charge is 0.355 e. The minimum atomic E-state index is -5.65. The van der Waals surface area contributed by atoms with Crippen molar-refractivity contribution in [2.24, 2.45) is 0 Å². The SMILES string of the molecule is C=S.CCC(C)c1ccc(OS(=O)(=O)C(F)(F)F)nc1. The van der Waals surface area contributed by atoms with E-state index in [1.165, 1.54) is 12.3 Å². The molecule has 9 heteroatoms. The van der Waals surface area contributed by atoms with Crippen LogP contribution in [0.1, 0.15) is 31.7 Å². The van der Waals surface area contributed by atoms with Crippen LogP contribution in [-0.4, -0.2) is 24.8 Å². The van der Waals surface area contributed by atoms with E-state index in [9.17, 15) is 21.6 Å². The Labute approximate surface area is 121 Å². The van der Waals surface area contributed by atoms with E-state index in [0.717, 1.165) is 18.1 Å². The van der Waals surface area contributed by atoms with Crippen molar-refractivity contribution in [1.82, 2.24) is 4.98 Å². The molecule has 0 saturated heterocycles. The lowest BCUT2D eigenvalue weighted by Crippen LogP contribution is -2.28. The van der Waals surface area contributed by atoms with E-state index in [-0.39, 0.29) is 5.92 Å². The van der Waals surface area contributed by atoms with E-state index < -0.39 is 21.5 Å². The number of halogens is 3. The van der Waals surface area contributed by atoms with Gasteiger partial charge in [0.15, 0.2) is 0 Å². The highest BCUT2D eigenvalue weighted by Gasteiger charge is 2.48. The Hall–Kier alpha value is -1.22. The first-order valence-electron chi connectivity index (χ1n) is 5.43. The Balaban J connectivity index is 0.00000172. The molecule has 1 aromatic rings. The Morgan fingerprint density at radius 2 is 1.95 bits per heavy atom. The largest absolute Gasteiger partial charge is 0.534 e. The average molecular weight is 329 g/mol. The van der Waals surface area contributed by atoms with Crippen molar-refractivity contribution in [3.8, 4) is 5.88 Å². The van der Waals surface area contributed by atoms with Gasteiger partial charge in [0, 0.05) is 12.3 Å². The lowest BCUT2D eigenvalue weighted by atomic mass is 10.0. The maximum Gasteiger partial charge on any atom is 0.534 e. The Morgan fingerprint density at radius 3 is 2.30 bits per heavy atom. The molecule has 0 aliphatic rings. The van der Waals surface area contributed by atoms with Gasteiger partial charge in [0.05, 0.1) is 0 Å². The van der Waals surface area contributed by atoms with Gasteiger partial charge in [0.1, 0.15) is 0 Å². The quantitative estimate of drug-likeness (QED) is 0.481. The third-order valence-corrected chi connectivity index (χ3v) is 3.38. The van der Waals surface area contributed by atoms with Crippen molar-refractivity contribution >= 4 is 28.2 Å². The summed E-state index contributed by atoms with van der Waals surface area (Å²) in [6.07, 6.45) is 2.14. The van der Waals surface area contributed by atoms with Gasteiger partial charge in [-0.3, -0.25) is 0 Å². The van der Waals surface area contributed by atoms with E-state index >= 15 is 0 Å². The Kier molecular flexibility index (Phi) is 7.07. The van der Waals surface area contributed by atoms with Crippen LogP contribution in [0.2, 0.25) is 0 Å². The molecule has 4 nitrogen and oxygen atoms in total. The third-order valence-electron chi connectivity index (χ3n) is 2.42. The normalized spacial score (nSPS) is 13.1. The van der Waals surface area contributed by atoms with Crippen molar-refractivity contribution in [1.29, 1.82) is 0 Å².